The molecule has 0 amide bonds. The molecule has 0 saturated carbocycles. The summed E-state index contributed by atoms with van der Waals surface area (Å²) < 4.78 is 64.6. The lowest BCUT2D eigenvalue weighted by Gasteiger charge is -2.17. The van der Waals surface area contributed by atoms with Gasteiger partial charge in [0.1, 0.15) is 5.75 Å². The predicted octanol–water partition coefficient (Wildman–Crippen LogP) is 3.10. The number of hydrogen-bond donors (Lipinski definition) is 1. The average molecular weight is 325 g/mol. The molecule has 0 fully saturated rings. The number of halogens is 3. The van der Waals surface area contributed by atoms with E-state index in [1.165, 1.54) is 12.1 Å². The molecule has 0 radical (unpaired) electrons. The van der Waals surface area contributed by atoms with Crippen molar-refractivity contribution in [1.29, 1.82) is 0 Å². The maximum absolute atomic E-state index is 12.1. The fourth-order valence-corrected chi connectivity index (χ4v) is 2.77. The molecule has 2 N–H and O–H groups in total. The molecule has 8 heteroatoms. The maximum atomic E-state index is 12.1. The van der Waals surface area contributed by atoms with E-state index in [1.54, 1.807) is 20.8 Å². The third kappa shape index (κ3) is 5.20. The molecule has 0 saturated heterocycles. The summed E-state index contributed by atoms with van der Waals surface area (Å²) in [5, 5.41) is 5.15. The molecule has 0 aliphatic carbocycles. The highest BCUT2D eigenvalue weighted by molar-refractivity contribution is 7.89. The molecule has 120 valence electrons. The first kappa shape index (κ1) is 17.8. The normalized spacial score (nSPS) is 12.8. The zero-order chi connectivity index (χ0) is 16.4. The van der Waals surface area contributed by atoms with Gasteiger partial charge in [-0.05, 0) is 36.1 Å². The van der Waals surface area contributed by atoms with Gasteiger partial charge in [0.15, 0.2) is 0 Å². The number of primary sulfonamides is 1. The largest absolute Gasteiger partial charge is 0.493 e. The summed E-state index contributed by atoms with van der Waals surface area (Å²) in [4.78, 5) is -0.0295. The number of nitrogens with two attached hydrogens (primary N) is 1. The molecule has 0 aliphatic heterocycles. The molecule has 0 heterocycles. The van der Waals surface area contributed by atoms with Gasteiger partial charge in [-0.25, -0.2) is 13.6 Å². The van der Waals surface area contributed by atoms with E-state index in [0.29, 0.717) is 11.1 Å². The minimum Gasteiger partial charge on any atom is -0.493 e. The van der Waals surface area contributed by atoms with Gasteiger partial charge in [-0.15, -0.1) is 0 Å². The monoisotopic (exact) mass is 325 g/mol. The van der Waals surface area contributed by atoms with Gasteiger partial charge in [-0.3, -0.25) is 0 Å². The molecule has 0 aromatic heterocycles. The number of aryl methyl sites for hydroxylation is 1. The van der Waals surface area contributed by atoms with Crippen LogP contribution in [0.15, 0.2) is 17.0 Å². The Morgan fingerprint density at radius 1 is 1.29 bits per heavy atom. The molecule has 0 atom stereocenters. The Bertz CT molecular complexity index is 610. The van der Waals surface area contributed by atoms with Gasteiger partial charge >= 0.3 is 6.18 Å². The van der Waals surface area contributed by atoms with Gasteiger partial charge in [-0.1, -0.05) is 13.8 Å². The van der Waals surface area contributed by atoms with Crippen molar-refractivity contribution in [1.82, 2.24) is 0 Å². The Morgan fingerprint density at radius 3 is 2.29 bits per heavy atom. The molecule has 1 aromatic rings. The van der Waals surface area contributed by atoms with Crippen LogP contribution >= 0.6 is 0 Å². The smallest absolute Gasteiger partial charge is 0.392 e. The highest BCUT2D eigenvalue weighted by Gasteiger charge is 2.27. The SMILES string of the molecule is Cc1cc(S(N)(=O)=O)c(C(C)C)cc1OCCC(F)(F)F. The molecule has 0 spiro atoms. The highest BCUT2D eigenvalue weighted by atomic mass is 32.2. The summed E-state index contributed by atoms with van der Waals surface area (Å²) in [6, 6.07) is 2.77. The van der Waals surface area contributed by atoms with Crippen LogP contribution in [0.2, 0.25) is 0 Å². The summed E-state index contributed by atoms with van der Waals surface area (Å²) in [5.41, 5.74) is 0.843. The van der Waals surface area contributed by atoms with E-state index in [2.05, 4.69) is 0 Å². The van der Waals surface area contributed by atoms with Crippen molar-refractivity contribution in [3.8, 4) is 5.75 Å². The van der Waals surface area contributed by atoms with Gasteiger partial charge in [0.25, 0.3) is 0 Å². The zero-order valence-electron chi connectivity index (χ0n) is 12.0. The molecule has 21 heavy (non-hydrogen) atoms. The van der Waals surface area contributed by atoms with E-state index < -0.39 is 29.2 Å². The van der Waals surface area contributed by atoms with Crippen molar-refractivity contribution < 1.29 is 26.3 Å². The van der Waals surface area contributed by atoms with Crippen LogP contribution in [0, 0.1) is 6.92 Å². The fraction of sp³-hybridized carbons (Fsp3) is 0.538. The first-order chi connectivity index (χ1) is 9.42. The Labute approximate surface area is 122 Å². The van der Waals surface area contributed by atoms with Crippen molar-refractivity contribution >= 4 is 10.0 Å². The summed E-state index contributed by atoms with van der Waals surface area (Å²) in [6.45, 7) is 4.57. The number of benzene rings is 1. The molecule has 0 aliphatic rings. The second-order valence-corrected chi connectivity index (χ2v) is 6.60. The Hall–Kier alpha value is -1.28. The number of hydrogen-bond acceptors (Lipinski definition) is 3. The molecule has 1 aromatic carbocycles. The first-order valence-electron chi connectivity index (χ1n) is 6.28. The van der Waals surface area contributed by atoms with Crippen LogP contribution < -0.4 is 9.88 Å². The van der Waals surface area contributed by atoms with Crippen LogP contribution in [0.25, 0.3) is 0 Å². The number of sulfonamides is 1. The summed E-state index contributed by atoms with van der Waals surface area (Å²) in [7, 11) is -3.90. The number of rotatable bonds is 5. The third-order valence-electron chi connectivity index (χ3n) is 2.88. The average Bonchev–Trinajstić information content (AvgIpc) is 2.27. The molecule has 1 rings (SSSR count). The second kappa shape index (κ2) is 6.23. The number of ether oxygens (including phenoxy) is 1. The molecule has 0 bridgehead atoms. The molecular weight excluding hydrogens is 307 g/mol. The molecule has 0 unspecified atom stereocenters. The van der Waals surface area contributed by atoms with Crippen molar-refractivity contribution in [3.63, 3.8) is 0 Å². The van der Waals surface area contributed by atoms with Crippen molar-refractivity contribution in [2.75, 3.05) is 6.61 Å². The molecule has 4 nitrogen and oxygen atoms in total. The number of alkyl halides is 3. The van der Waals surface area contributed by atoms with Crippen LogP contribution in [-0.4, -0.2) is 21.2 Å². The lowest BCUT2D eigenvalue weighted by molar-refractivity contribution is -0.139. The summed E-state index contributed by atoms with van der Waals surface area (Å²) in [6.07, 6.45) is -5.37. The summed E-state index contributed by atoms with van der Waals surface area (Å²) in [5.74, 6) is 0.0687. The van der Waals surface area contributed by atoms with E-state index in [4.69, 9.17) is 9.88 Å². The van der Waals surface area contributed by atoms with Gasteiger partial charge < -0.3 is 4.74 Å². The van der Waals surface area contributed by atoms with Crippen LogP contribution in [0.4, 0.5) is 13.2 Å². The van der Waals surface area contributed by atoms with E-state index in [9.17, 15) is 21.6 Å². The van der Waals surface area contributed by atoms with E-state index in [-0.39, 0.29) is 16.6 Å². The van der Waals surface area contributed by atoms with Crippen molar-refractivity contribution in [2.45, 2.75) is 44.2 Å². The van der Waals surface area contributed by atoms with Crippen molar-refractivity contribution in [2.24, 2.45) is 5.14 Å². The third-order valence-corrected chi connectivity index (χ3v) is 3.85. The van der Waals surface area contributed by atoms with Crippen LogP contribution in [-0.2, 0) is 10.0 Å². The molecular formula is C13H18F3NO3S. The first-order valence-corrected chi connectivity index (χ1v) is 7.83. The van der Waals surface area contributed by atoms with E-state index in [0.717, 1.165) is 0 Å². The van der Waals surface area contributed by atoms with Gasteiger partial charge in [0.05, 0.1) is 17.9 Å². The lowest BCUT2D eigenvalue weighted by atomic mass is 10.0. The van der Waals surface area contributed by atoms with Crippen molar-refractivity contribution in [3.05, 3.63) is 23.3 Å². The van der Waals surface area contributed by atoms with Gasteiger partial charge in [0.2, 0.25) is 10.0 Å². The Morgan fingerprint density at radius 2 is 1.86 bits per heavy atom. The Kier molecular flexibility index (Phi) is 5.27. The summed E-state index contributed by atoms with van der Waals surface area (Å²) >= 11 is 0. The second-order valence-electron chi connectivity index (χ2n) is 5.07. The Balaban J connectivity index is 3.11. The van der Waals surface area contributed by atoms with Gasteiger partial charge in [-0.2, -0.15) is 13.2 Å². The predicted molar refractivity (Wildman–Crippen MR) is 72.8 cm³/mol. The van der Waals surface area contributed by atoms with E-state index >= 15 is 0 Å². The quantitative estimate of drug-likeness (QED) is 0.904. The topological polar surface area (TPSA) is 69.4 Å². The minimum absolute atomic E-state index is 0.0295. The maximum Gasteiger partial charge on any atom is 0.392 e. The minimum atomic E-state index is -4.30. The standard InChI is InChI=1S/C13H18F3NO3S/c1-8(2)10-7-11(20-5-4-13(14,15)16)9(3)6-12(10)21(17,18)19/h6-8H,4-5H2,1-3H3,(H2,17,18,19). The van der Waals surface area contributed by atoms with Crippen LogP contribution in [0.5, 0.6) is 5.75 Å². The van der Waals surface area contributed by atoms with Gasteiger partial charge in [0, 0.05) is 0 Å². The van der Waals surface area contributed by atoms with Crippen LogP contribution in [0.3, 0.4) is 0 Å². The van der Waals surface area contributed by atoms with E-state index in [1.807, 2.05) is 0 Å². The fourth-order valence-electron chi connectivity index (χ4n) is 1.81. The zero-order valence-corrected chi connectivity index (χ0v) is 12.8. The van der Waals surface area contributed by atoms with Crippen LogP contribution in [0.1, 0.15) is 37.3 Å². The highest BCUT2D eigenvalue weighted by Crippen LogP contribution is 2.31. The lowest BCUT2D eigenvalue weighted by Crippen LogP contribution is -2.16.